The van der Waals surface area contributed by atoms with Crippen molar-refractivity contribution < 1.29 is 0 Å². The summed E-state index contributed by atoms with van der Waals surface area (Å²) in [5.41, 5.74) is 4.48. The largest absolute Gasteiger partial charge is 0.261 e. The van der Waals surface area contributed by atoms with Crippen LogP contribution in [-0.2, 0) is 10.8 Å². The number of aromatic nitrogens is 2. The van der Waals surface area contributed by atoms with Gasteiger partial charge in [0.1, 0.15) is 0 Å². The number of benzene rings is 1. The van der Waals surface area contributed by atoms with Gasteiger partial charge in [-0.2, -0.15) is 0 Å². The Bertz CT molecular complexity index is 902. The number of nitrogens with zero attached hydrogens (tertiary/aromatic N) is 2. The summed E-state index contributed by atoms with van der Waals surface area (Å²) in [6.45, 7) is 34.3. The van der Waals surface area contributed by atoms with Crippen molar-refractivity contribution in [2.75, 3.05) is 0 Å². The molecule has 0 saturated carbocycles. The number of hydrogen-bond donors (Lipinski definition) is 0. The zero-order valence-corrected chi connectivity index (χ0v) is 28.3. The Morgan fingerprint density at radius 3 is 1.47 bits per heavy atom. The molecular formula is C36H64N2. The molecule has 0 N–H and O–H groups in total. The van der Waals surface area contributed by atoms with Crippen LogP contribution in [0.3, 0.4) is 0 Å². The molecule has 0 bridgehead atoms. The number of unbranched alkanes of at least 4 members (excludes halogenated alkanes) is 1. The smallest absolute Gasteiger partial charge is 0.0739 e. The van der Waals surface area contributed by atoms with Gasteiger partial charge in [0.05, 0.1) is 5.52 Å². The van der Waals surface area contributed by atoms with Gasteiger partial charge in [0.25, 0.3) is 0 Å². The molecule has 0 unspecified atom stereocenters. The predicted octanol–water partition coefficient (Wildman–Crippen LogP) is 12.2. The second-order valence-corrected chi connectivity index (χ2v) is 11.8. The summed E-state index contributed by atoms with van der Waals surface area (Å²) in [4.78, 5) is 8.70. The molecule has 3 rings (SSSR count). The fraction of sp³-hybridized carbons (Fsp3) is 0.611. The van der Waals surface area contributed by atoms with E-state index in [4.69, 9.17) is 0 Å². The molecule has 2 aromatic heterocycles. The Hall–Kier alpha value is -2.22. The highest BCUT2D eigenvalue weighted by molar-refractivity contribution is 5.82. The molecule has 38 heavy (non-hydrogen) atoms. The van der Waals surface area contributed by atoms with Gasteiger partial charge in [0.15, 0.2) is 0 Å². The first-order chi connectivity index (χ1) is 17.8. The fourth-order valence-electron chi connectivity index (χ4n) is 3.22. The first-order valence-electron chi connectivity index (χ1n) is 15.0. The lowest BCUT2D eigenvalue weighted by atomic mass is 9.85. The zero-order valence-electron chi connectivity index (χ0n) is 28.3. The minimum absolute atomic E-state index is 0.161. The van der Waals surface area contributed by atoms with Crippen LogP contribution in [0.25, 0.3) is 10.9 Å². The van der Waals surface area contributed by atoms with E-state index in [0.29, 0.717) is 5.41 Å². The molecule has 0 aliphatic heterocycles. The minimum atomic E-state index is 0.161. The van der Waals surface area contributed by atoms with E-state index in [1.54, 1.807) is 0 Å². The summed E-state index contributed by atoms with van der Waals surface area (Å²) < 4.78 is 0. The first kappa shape index (κ1) is 40.3. The molecule has 3 aromatic rings. The Morgan fingerprint density at radius 2 is 1.11 bits per heavy atom. The average Bonchev–Trinajstić information content (AvgIpc) is 2.90. The van der Waals surface area contributed by atoms with Crippen molar-refractivity contribution in [3.8, 4) is 0 Å². The van der Waals surface area contributed by atoms with E-state index in [-0.39, 0.29) is 10.8 Å². The molecule has 0 amide bonds. The third-order valence-corrected chi connectivity index (χ3v) is 5.15. The summed E-state index contributed by atoms with van der Waals surface area (Å²) >= 11 is 0. The SMILES string of the molecule is CC.CC.CC.CC(C)(C)c1cccc2cccnc12.CC(C)(C)c1ccccn1.CCCCC(C)(C)C. The average molecular weight is 525 g/mol. The van der Waals surface area contributed by atoms with Crippen molar-refractivity contribution in [1.82, 2.24) is 9.97 Å². The quantitative estimate of drug-likeness (QED) is 0.333. The minimum Gasteiger partial charge on any atom is -0.261 e. The van der Waals surface area contributed by atoms with Crippen LogP contribution in [0.15, 0.2) is 60.9 Å². The Labute approximate surface area is 239 Å². The van der Waals surface area contributed by atoms with Gasteiger partial charge in [0.2, 0.25) is 0 Å². The van der Waals surface area contributed by atoms with E-state index < -0.39 is 0 Å². The summed E-state index contributed by atoms with van der Waals surface area (Å²) in [6.07, 6.45) is 7.77. The lowest BCUT2D eigenvalue weighted by Gasteiger charge is -2.20. The molecule has 1 aromatic carbocycles. The third-order valence-electron chi connectivity index (χ3n) is 5.15. The third kappa shape index (κ3) is 18.9. The summed E-state index contributed by atoms with van der Waals surface area (Å²) in [5, 5.41) is 1.22. The van der Waals surface area contributed by atoms with Gasteiger partial charge in [-0.1, -0.05) is 154 Å². The number of fused-ring (bicyclic) bond motifs is 1. The molecule has 0 aliphatic rings. The fourth-order valence-corrected chi connectivity index (χ4v) is 3.22. The van der Waals surface area contributed by atoms with Gasteiger partial charge in [-0.3, -0.25) is 9.97 Å². The maximum absolute atomic E-state index is 4.45. The normalized spacial score (nSPS) is 10.4. The molecule has 2 heterocycles. The predicted molar refractivity (Wildman–Crippen MR) is 176 cm³/mol. The highest BCUT2D eigenvalue weighted by Crippen LogP contribution is 2.28. The molecule has 2 nitrogen and oxygen atoms in total. The van der Waals surface area contributed by atoms with Crippen LogP contribution in [0.1, 0.15) is 141 Å². The number of pyridine rings is 2. The molecule has 0 fully saturated rings. The molecule has 218 valence electrons. The van der Waals surface area contributed by atoms with Crippen molar-refractivity contribution in [3.05, 3.63) is 72.2 Å². The Balaban J connectivity index is -0.000000455. The van der Waals surface area contributed by atoms with Crippen LogP contribution >= 0.6 is 0 Å². The topological polar surface area (TPSA) is 25.8 Å². The van der Waals surface area contributed by atoms with Crippen molar-refractivity contribution >= 4 is 10.9 Å². The van der Waals surface area contributed by atoms with Gasteiger partial charge in [-0.05, 0) is 41.0 Å². The van der Waals surface area contributed by atoms with Gasteiger partial charge < -0.3 is 0 Å². The standard InChI is InChI=1S/C13H15N.C9H13N.C8H18.3C2H6/c1-13(2,3)11-8-4-6-10-7-5-9-14-12(10)11;1-9(2,3)8-6-4-5-7-10-8;1-5-6-7-8(2,3)4;3*1-2/h4-9H,1-3H3;4-7H,1-3H3;5-7H2,1-4H3;3*1-2H3. The maximum Gasteiger partial charge on any atom is 0.0739 e. The first-order valence-corrected chi connectivity index (χ1v) is 15.0. The second-order valence-electron chi connectivity index (χ2n) is 11.8. The van der Waals surface area contributed by atoms with Crippen LogP contribution in [0.2, 0.25) is 0 Å². The molecule has 0 atom stereocenters. The number of para-hydroxylation sites is 1. The highest BCUT2D eigenvalue weighted by atomic mass is 14.7. The monoisotopic (exact) mass is 525 g/mol. The van der Waals surface area contributed by atoms with E-state index in [1.807, 2.05) is 72.1 Å². The highest BCUT2D eigenvalue weighted by Gasteiger charge is 2.16. The molecule has 0 radical (unpaired) electrons. The van der Waals surface area contributed by atoms with Crippen molar-refractivity contribution in [2.45, 2.75) is 141 Å². The molecule has 0 saturated heterocycles. The van der Waals surface area contributed by atoms with Crippen molar-refractivity contribution in [2.24, 2.45) is 5.41 Å². The van der Waals surface area contributed by atoms with Crippen LogP contribution in [-0.4, -0.2) is 9.97 Å². The van der Waals surface area contributed by atoms with E-state index in [9.17, 15) is 0 Å². The zero-order chi connectivity index (χ0) is 30.4. The molecule has 2 heteroatoms. The summed E-state index contributed by atoms with van der Waals surface area (Å²) in [5.74, 6) is 0. The van der Waals surface area contributed by atoms with Crippen molar-refractivity contribution in [3.63, 3.8) is 0 Å². The van der Waals surface area contributed by atoms with Gasteiger partial charge in [-0.25, -0.2) is 0 Å². The molecular weight excluding hydrogens is 460 g/mol. The van der Waals surface area contributed by atoms with E-state index >= 15 is 0 Å². The van der Waals surface area contributed by atoms with Crippen LogP contribution in [0.5, 0.6) is 0 Å². The molecule has 0 aliphatic carbocycles. The van der Waals surface area contributed by atoms with E-state index in [0.717, 1.165) is 11.2 Å². The van der Waals surface area contributed by atoms with Gasteiger partial charge in [0, 0.05) is 28.9 Å². The number of rotatable bonds is 2. The lowest BCUT2D eigenvalue weighted by Crippen LogP contribution is -2.12. The second kappa shape index (κ2) is 21.7. The summed E-state index contributed by atoms with van der Waals surface area (Å²) in [7, 11) is 0. The van der Waals surface area contributed by atoms with Gasteiger partial charge in [-0.15, -0.1) is 0 Å². The van der Waals surface area contributed by atoms with Gasteiger partial charge >= 0.3 is 0 Å². The van der Waals surface area contributed by atoms with E-state index in [1.165, 1.54) is 30.2 Å². The lowest BCUT2D eigenvalue weighted by molar-refractivity contribution is 0.363. The Morgan fingerprint density at radius 1 is 0.579 bits per heavy atom. The van der Waals surface area contributed by atoms with Crippen molar-refractivity contribution in [1.29, 1.82) is 0 Å². The summed E-state index contributed by atoms with van der Waals surface area (Å²) in [6, 6.07) is 16.5. The Kier molecular flexibility index (Phi) is 23.0. The van der Waals surface area contributed by atoms with Crippen LogP contribution in [0, 0.1) is 5.41 Å². The maximum atomic E-state index is 4.45. The van der Waals surface area contributed by atoms with E-state index in [2.05, 4.69) is 110 Å². The molecule has 0 spiro atoms. The van der Waals surface area contributed by atoms with Crippen LogP contribution in [0.4, 0.5) is 0 Å². The number of hydrogen-bond acceptors (Lipinski definition) is 2. The van der Waals surface area contributed by atoms with Crippen LogP contribution < -0.4 is 0 Å².